The van der Waals surface area contributed by atoms with Gasteiger partial charge in [0.2, 0.25) is 5.91 Å². The van der Waals surface area contributed by atoms with Gasteiger partial charge in [0.1, 0.15) is 6.04 Å². The number of amides is 1. The van der Waals surface area contributed by atoms with Gasteiger partial charge in [-0.2, -0.15) is 0 Å². The number of rotatable bonds is 3. The number of piperazine rings is 1. The highest BCUT2D eigenvalue weighted by molar-refractivity contribution is 5.91. The number of carbonyl (C=O) groups excluding carboxylic acids is 2. The van der Waals surface area contributed by atoms with E-state index in [0.717, 1.165) is 18.5 Å². The van der Waals surface area contributed by atoms with E-state index in [4.69, 9.17) is 4.74 Å². The Morgan fingerprint density at radius 3 is 2.95 bits per heavy atom. The van der Waals surface area contributed by atoms with E-state index in [0.29, 0.717) is 19.7 Å². The van der Waals surface area contributed by atoms with Gasteiger partial charge < -0.3 is 15.0 Å². The van der Waals surface area contributed by atoms with E-state index in [2.05, 4.69) is 11.4 Å². The number of hydrogen-bond donors (Lipinski definition) is 1. The molecular formula is C16H20N2O3. The number of fused-ring (bicyclic) bond motifs is 1. The molecule has 0 radical (unpaired) electrons. The Labute approximate surface area is 124 Å². The fourth-order valence-corrected chi connectivity index (χ4v) is 3.10. The summed E-state index contributed by atoms with van der Waals surface area (Å²) in [5.74, 6) is -0.366. The van der Waals surface area contributed by atoms with E-state index in [-0.39, 0.29) is 17.8 Å². The fraction of sp³-hybridized carbons (Fsp3) is 0.500. The van der Waals surface area contributed by atoms with E-state index in [9.17, 15) is 9.59 Å². The van der Waals surface area contributed by atoms with Crippen LogP contribution in [0.4, 0.5) is 0 Å². The highest BCUT2D eigenvalue weighted by atomic mass is 16.5. The van der Waals surface area contributed by atoms with Crippen LogP contribution >= 0.6 is 0 Å². The van der Waals surface area contributed by atoms with E-state index in [1.165, 1.54) is 5.56 Å². The first kappa shape index (κ1) is 14.1. The minimum atomic E-state index is -0.501. The van der Waals surface area contributed by atoms with Crippen LogP contribution in [0.15, 0.2) is 24.3 Å². The maximum atomic E-state index is 12.8. The molecule has 1 N–H and O–H groups in total. The lowest BCUT2D eigenvalue weighted by Crippen LogP contribution is -2.59. The van der Waals surface area contributed by atoms with Crippen molar-refractivity contribution >= 4 is 11.9 Å². The maximum Gasteiger partial charge on any atom is 0.330 e. The third-order valence-electron chi connectivity index (χ3n) is 4.24. The van der Waals surface area contributed by atoms with Crippen LogP contribution in [0, 0.1) is 0 Å². The first-order chi connectivity index (χ1) is 10.2. The van der Waals surface area contributed by atoms with Crippen LogP contribution in [-0.2, 0) is 20.7 Å². The van der Waals surface area contributed by atoms with Crippen LogP contribution in [0.3, 0.4) is 0 Å². The maximum absolute atomic E-state index is 12.8. The van der Waals surface area contributed by atoms with Crippen molar-refractivity contribution < 1.29 is 14.3 Å². The van der Waals surface area contributed by atoms with Gasteiger partial charge in [-0.05, 0) is 24.5 Å². The van der Waals surface area contributed by atoms with Gasteiger partial charge in [-0.1, -0.05) is 24.3 Å². The highest BCUT2D eigenvalue weighted by Gasteiger charge is 2.40. The molecule has 2 aliphatic rings. The van der Waals surface area contributed by atoms with Crippen molar-refractivity contribution in [2.75, 3.05) is 26.2 Å². The molecular weight excluding hydrogens is 268 g/mol. The Morgan fingerprint density at radius 1 is 1.38 bits per heavy atom. The predicted molar refractivity (Wildman–Crippen MR) is 77.9 cm³/mol. The van der Waals surface area contributed by atoms with Crippen LogP contribution in [0.2, 0.25) is 0 Å². The van der Waals surface area contributed by atoms with Crippen LogP contribution in [0.25, 0.3) is 0 Å². The lowest BCUT2D eigenvalue weighted by atomic mass is 9.76. The molecule has 1 aromatic carbocycles. The zero-order valence-corrected chi connectivity index (χ0v) is 12.2. The second kappa shape index (κ2) is 5.85. The van der Waals surface area contributed by atoms with Gasteiger partial charge in [-0.25, -0.2) is 4.79 Å². The smallest absolute Gasteiger partial charge is 0.330 e. The number of carbonyl (C=O) groups is 2. The average Bonchev–Trinajstić information content (AvgIpc) is 2.48. The van der Waals surface area contributed by atoms with Gasteiger partial charge in [0.05, 0.1) is 12.5 Å². The van der Waals surface area contributed by atoms with E-state index in [1.54, 1.807) is 11.8 Å². The summed E-state index contributed by atoms with van der Waals surface area (Å²) in [5.41, 5.74) is 2.34. The largest absolute Gasteiger partial charge is 0.464 e. The van der Waals surface area contributed by atoms with Crippen molar-refractivity contribution in [3.63, 3.8) is 0 Å². The van der Waals surface area contributed by atoms with Crippen LogP contribution in [0.1, 0.15) is 24.0 Å². The second-order valence-electron chi connectivity index (χ2n) is 5.46. The molecule has 21 heavy (non-hydrogen) atoms. The van der Waals surface area contributed by atoms with Crippen LogP contribution in [-0.4, -0.2) is 49.1 Å². The Balaban J connectivity index is 1.75. The number of benzene rings is 1. The molecule has 1 aliphatic heterocycles. The molecule has 1 aliphatic carbocycles. The summed E-state index contributed by atoms with van der Waals surface area (Å²) in [6, 6.07) is 7.51. The van der Waals surface area contributed by atoms with Crippen molar-refractivity contribution in [1.82, 2.24) is 10.2 Å². The molecule has 112 valence electrons. The molecule has 5 nitrogen and oxygen atoms in total. The topological polar surface area (TPSA) is 58.6 Å². The summed E-state index contributed by atoms with van der Waals surface area (Å²) >= 11 is 0. The van der Waals surface area contributed by atoms with Crippen LogP contribution in [0.5, 0.6) is 0 Å². The summed E-state index contributed by atoms with van der Waals surface area (Å²) in [6.07, 6.45) is 0.772. The number of nitrogens with one attached hydrogen (secondary N) is 1. The first-order valence-corrected chi connectivity index (χ1v) is 7.48. The standard InChI is InChI=1S/C16H20N2O3/c1-2-21-16(20)14-10-17-7-8-18(14)15(19)13-9-11-5-3-4-6-12(11)13/h3-6,13-14,17H,2,7-10H2,1H3. The van der Waals surface area contributed by atoms with Gasteiger partial charge >= 0.3 is 5.97 Å². The van der Waals surface area contributed by atoms with Crippen molar-refractivity contribution in [3.8, 4) is 0 Å². The SMILES string of the molecule is CCOC(=O)C1CNCCN1C(=O)C1Cc2ccccc21. The van der Waals surface area contributed by atoms with E-state index < -0.39 is 6.04 Å². The van der Waals surface area contributed by atoms with Gasteiger partial charge in [-0.15, -0.1) is 0 Å². The van der Waals surface area contributed by atoms with Crippen molar-refractivity contribution in [2.24, 2.45) is 0 Å². The monoisotopic (exact) mass is 288 g/mol. The molecule has 1 amide bonds. The van der Waals surface area contributed by atoms with E-state index in [1.807, 2.05) is 18.2 Å². The molecule has 1 aromatic rings. The predicted octanol–water partition coefficient (Wildman–Crippen LogP) is 0.690. The third-order valence-corrected chi connectivity index (χ3v) is 4.24. The third kappa shape index (κ3) is 2.53. The minimum Gasteiger partial charge on any atom is -0.464 e. The van der Waals surface area contributed by atoms with Crippen LogP contribution < -0.4 is 5.32 Å². The number of ether oxygens (including phenoxy) is 1. The first-order valence-electron chi connectivity index (χ1n) is 7.48. The Morgan fingerprint density at radius 2 is 2.19 bits per heavy atom. The summed E-state index contributed by atoms with van der Waals surface area (Å²) in [7, 11) is 0. The van der Waals surface area contributed by atoms with Gasteiger partial charge in [-0.3, -0.25) is 4.79 Å². The van der Waals surface area contributed by atoms with E-state index >= 15 is 0 Å². The van der Waals surface area contributed by atoms with Gasteiger partial charge in [0.15, 0.2) is 0 Å². The molecule has 5 heteroatoms. The number of hydrogen-bond acceptors (Lipinski definition) is 4. The number of nitrogens with zero attached hydrogens (tertiary/aromatic N) is 1. The molecule has 0 saturated carbocycles. The van der Waals surface area contributed by atoms with Crippen molar-refractivity contribution in [1.29, 1.82) is 0 Å². The quantitative estimate of drug-likeness (QED) is 0.831. The van der Waals surface area contributed by atoms with Gasteiger partial charge in [0.25, 0.3) is 0 Å². The van der Waals surface area contributed by atoms with Crippen molar-refractivity contribution in [2.45, 2.75) is 25.3 Å². The fourth-order valence-electron chi connectivity index (χ4n) is 3.10. The van der Waals surface area contributed by atoms with Crippen molar-refractivity contribution in [3.05, 3.63) is 35.4 Å². The average molecular weight is 288 g/mol. The molecule has 1 saturated heterocycles. The Kier molecular flexibility index (Phi) is 3.92. The summed E-state index contributed by atoms with van der Waals surface area (Å²) in [5, 5.41) is 3.16. The lowest BCUT2D eigenvalue weighted by Gasteiger charge is -2.39. The molecule has 0 bridgehead atoms. The molecule has 2 unspecified atom stereocenters. The summed E-state index contributed by atoms with van der Waals surface area (Å²) in [6.45, 7) is 3.86. The minimum absolute atomic E-state index is 0.0493. The Bertz CT molecular complexity index is 558. The molecule has 1 fully saturated rings. The summed E-state index contributed by atoms with van der Waals surface area (Å²) in [4.78, 5) is 26.5. The zero-order chi connectivity index (χ0) is 14.8. The second-order valence-corrected chi connectivity index (χ2v) is 5.46. The molecule has 1 heterocycles. The molecule has 0 spiro atoms. The lowest BCUT2D eigenvalue weighted by molar-refractivity contribution is -0.156. The molecule has 2 atom stereocenters. The Hall–Kier alpha value is -1.88. The molecule has 0 aromatic heterocycles. The molecule has 3 rings (SSSR count). The van der Waals surface area contributed by atoms with Gasteiger partial charge in [0, 0.05) is 19.6 Å². The number of esters is 1. The zero-order valence-electron chi connectivity index (χ0n) is 12.2. The highest BCUT2D eigenvalue weighted by Crippen LogP contribution is 2.36. The normalized spacial score (nSPS) is 24.0. The summed E-state index contributed by atoms with van der Waals surface area (Å²) < 4.78 is 5.09.